The van der Waals surface area contributed by atoms with E-state index in [1.165, 1.54) is 0 Å². The van der Waals surface area contributed by atoms with Crippen LogP contribution in [0.4, 0.5) is 0 Å². The molecule has 0 aliphatic carbocycles. The van der Waals surface area contributed by atoms with E-state index in [2.05, 4.69) is 33.2 Å². The molecule has 94 valence electrons. The van der Waals surface area contributed by atoms with E-state index < -0.39 is 0 Å². The normalized spacial score (nSPS) is 11.0. The number of pyridine rings is 1. The van der Waals surface area contributed by atoms with Crippen molar-refractivity contribution in [2.24, 2.45) is 0 Å². The summed E-state index contributed by atoms with van der Waals surface area (Å²) in [6.45, 7) is 0. The van der Waals surface area contributed by atoms with Gasteiger partial charge in [0.2, 0.25) is 0 Å². The van der Waals surface area contributed by atoms with Crippen molar-refractivity contribution in [3.8, 4) is 11.3 Å². The van der Waals surface area contributed by atoms with Crippen LogP contribution < -0.4 is 0 Å². The van der Waals surface area contributed by atoms with Crippen LogP contribution in [0, 0.1) is 0 Å². The first-order valence-corrected chi connectivity index (χ1v) is 6.47. The number of aromatic nitrogens is 3. The number of nitrogens with zero attached hydrogens (tertiary/aromatic N) is 3. The van der Waals surface area contributed by atoms with Crippen LogP contribution in [0.25, 0.3) is 33.2 Å². The summed E-state index contributed by atoms with van der Waals surface area (Å²) in [4.78, 5) is 13.5. The van der Waals surface area contributed by atoms with E-state index in [1.807, 2.05) is 42.6 Å². The van der Waals surface area contributed by atoms with Crippen molar-refractivity contribution in [3.05, 3.63) is 67.0 Å². The standard InChI is InChI=1S/C17H11N3/c1-2-6-15-14(5-1)19-11-17(20-15)13-8-7-12-4-3-9-18-16(12)10-13/h1-11H. The second-order valence-corrected chi connectivity index (χ2v) is 4.65. The number of fused-ring (bicyclic) bond motifs is 2. The Morgan fingerprint density at radius 3 is 2.55 bits per heavy atom. The van der Waals surface area contributed by atoms with Gasteiger partial charge in [0.25, 0.3) is 0 Å². The highest BCUT2D eigenvalue weighted by Gasteiger charge is 2.03. The summed E-state index contributed by atoms with van der Waals surface area (Å²) in [5, 5.41) is 1.13. The largest absolute Gasteiger partial charge is 0.256 e. The minimum absolute atomic E-state index is 0.872. The van der Waals surface area contributed by atoms with Gasteiger partial charge in [-0.15, -0.1) is 0 Å². The van der Waals surface area contributed by atoms with E-state index in [-0.39, 0.29) is 0 Å². The van der Waals surface area contributed by atoms with Gasteiger partial charge in [-0.2, -0.15) is 0 Å². The average Bonchev–Trinajstić information content (AvgIpc) is 2.54. The van der Waals surface area contributed by atoms with E-state index in [0.717, 1.165) is 33.2 Å². The highest BCUT2D eigenvalue weighted by molar-refractivity contribution is 5.84. The number of rotatable bonds is 1. The van der Waals surface area contributed by atoms with E-state index in [4.69, 9.17) is 0 Å². The molecular weight excluding hydrogens is 246 g/mol. The highest BCUT2D eigenvalue weighted by atomic mass is 14.8. The Hall–Kier alpha value is -2.81. The molecule has 4 rings (SSSR count). The Labute approximate surface area is 116 Å². The van der Waals surface area contributed by atoms with Crippen LogP contribution in [0.3, 0.4) is 0 Å². The molecule has 0 N–H and O–H groups in total. The fourth-order valence-corrected chi connectivity index (χ4v) is 2.32. The number of hydrogen-bond acceptors (Lipinski definition) is 3. The van der Waals surface area contributed by atoms with Gasteiger partial charge in [-0.25, -0.2) is 4.98 Å². The molecule has 20 heavy (non-hydrogen) atoms. The molecule has 3 nitrogen and oxygen atoms in total. The maximum Gasteiger partial charge on any atom is 0.0894 e. The summed E-state index contributed by atoms with van der Waals surface area (Å²) >= 11 is 0. The molecule has 2 heterocycles. The average molecular weight is 257 g/mol. The zero-order valence-corrected chi connectivity index (χ0v) is 10.7. The first-order chi connectivity index (χ1) is 9.90. The summed E-state index contributed by atoms with van der Waals surface area (Å²) in [7, 11) is 0. The van der Waals surface area contributed by atoms with Gasteiger partial charge in [0.1, 0.15) is 0 Å². The van der Waals surface area contributed by atoms with Crippen LogP contribution in [-0.4, -0.2) is 15.0 Å². The number of benzene rings is 2. The van der Waals surface area contributed by atoms with Crippen LogP contribution in [0.15, 0.2) is 67.0 Å². The fourth-order valence-electron chi connectivity index (χ4n) is 2.32. The third-order valence-electron chi connectivity index (χ3n) is 3.35. The Morgan fingerprint density at radius 2 is 1.60 bits per heavy atom. The van der Waals surface area contributed by atoms with Crippen molar-refractivity contribution in [3.63, 3.8) is 0 Å². The molecule has 0 aliphatic heterocycles. The van der Waals surface area contributed by atoms with Crippen molar-refractivity contribution in [2.45, 2.75) is 0 Å². The van der Waals surface area contributed by atoms with Gasteiger partial charge in [-0.1, -0.05) is 30.3 Å². The molecule has 4 aromatic rings. The van der Waals surface area contributed by atoms with Crippen LogP contribution in [0.1, 0.15) is 0 Å². The third-order valence-corrected chi connectivity index (χ3v) is 3.35. The zero-order chi connectivity index (χ0) is 13.4. The summed E-state index contributed by atoms with van der Waals surface area (Å²) in [5.41, 5.74) is 4.70. The van der Waals surface area contributed by atoms with E-state index in [1.54, 1.807) is 6.20 Å². The minimum atomic E-state index is 0.872. The monoisotopic (exact) mass is 257 g/mol. The molecule has 0 unspecified atom stereocenters. The Kier molecular flexibility index (Phi) is 2.42. The molecule has 0 radical (unpaired) electrons. The fraction of sp³-hybridized carbons (Fsp3) is 0. The molecule has 0 saturated heterocycles. The maximum absolute atomic E-state index is 4.66. The summed E-state index contributed by atoms with van der Waals surface area (Å²) in [6, 6.07) is 18.1. The molecule has 0 fully saturated rings. The van der Waals surface area contributed by atoms with E-state index in [0.29, 0.717) is 0 Å². The maximum atomic E-state index is 4.66. The Morgan fingerprint density at radius 1 is 0.700 bits per heavy atom. The summed E-state index contributed by atoms with van der Waals surface area (Å²) in [5.74, 6) is 0. The van der Waals surface area contributed by atoms with Crippen molar-refractivity contribution in [1.82, 2.24) is 15.0 Å². The number of para-hydroxylation sites is 2. The van der Waals surface area contributed by atoms with Crippen LogP contribution in [0.2, 0.25) is 0 Å². The van der Waals surface area contributed by atoms with Gasteiger partial charge in [0.05, 0.1) is 28.4 Å². The van der Waals surface area contributed by atoms with Crippen molar-refractivity contribution in [2.75, 3.05) is 0 Å². The van der Waals surface area contributed by atoms with Gasteiger partial charge in [0, 0.05) is 17.1 Å². The lowest BCUT2D eigenvalue weighted by molar-refractivity contribution is 1.29. The first-order valence-electron chi connectivity index (χ1n) is 6.47. The molecule has 0 atom stereocenters. The predicted molar refractivity (Wildman–Crippen MR) is 80.3 cm³/mol. The van der Waals surface area contributed by atoms with Gasteiger partial charge in [0.15, 0.2) is 0 Å². The number of hydrogen-bond donors (Lipinski definition) is 0. The predicted octanol–water partition coefficient (Wildman–Crippen LogP) is 3.85. The van der Waals surface area contributed by atoms with Gasteiger partial charge >= 0.3 is 0 Å². The molecular formula is C17H11N3. The third kappa shape index (κ3) is 1.80. The Bertz CT molecular complexity index is 838. The lowest BCUT2D eigenvalue weighted by atomic mass is 10.1. The topological polar surface area (TPSA) is 38.7 Å². The smallest absolute Gasteiger partial charge is 0.0894 e. The SMILES string of the molecule is c1cnc2cc(-c3cnc4ccccc4n3)ccc2c1. The van der Waals surface area contributed by atoms with Crippen molar-refractivity contribution < 1.29 is 0 Å². The molecule has 2 aromatic heterocycles. The quantitative estimate of drug-likeness (QED) is 0.520. The summed E-state index contributed by atoms with van der Waals surface area (Å²) < 4.78 is 0. The van der Waals surface area contributed by atoms with Crippen molar-refractivity contribution >= 4 is 21.9 Å². The second-order valence-electron chi connectivity index (χ2n) is 4.65. The first kappa shape index (κ1) is 11.1. The van der Waals surface area contributed by atoms with Gasteiger partial charge < -0.3 is 0 Å². The highest BCUT2D eigenvalue weighted by Crippen LogP contribution is 2.22. The van der Waals surface area contributed by atoms with E-state index >= 15 is 0 Å². The van der Waals surface area contributed by atoms with Crippen LogP contribution in [-0.2, 0) is 0 Å². The molecule has 0 saturated carbocycles. The zero-order valence-electron chi connectivity index (χ0n) is 10.7. The summed E-state index contributed by atoms with van der Waals surface area (Å²) in [6.07, 6.45) is 3.62. The Balaban J connectivity index is 1.91. The molecule has 0 aliphatic rings. The molecule has 2 aromatic carbocycles. The molecule has 3 heteroatoms. The lowest BCUT2D eigenvalue weighted by Crippen LogP contribution is -1.89. The molecule has 0 spiro atoms. The second kappa shape index (κ2) is 4.38. The lowest BCUT2D eigenvalue weighted by Gasteiger charge is -2.04. The van der Waals surface area contributed by atoms with Crippen LogP contribution >= 0.6 is 0 Å². The van der Waals surface area contributed by atoms with Gasteiger partial charge in [-0.05, 0) is 24.3 Å². The van der Waals surface area contributed by atoms with Crippen molar-refractivity contribution in [1.29, 1.82) is 0 Å². The van der Waals surface area contributed by atoms with Gasteiger partial charge in [-0.3, -0.25) is 9.97 Å². The van der Waals surface area contributed by atoms with Crippen LogP contribution in [0.5, 0.6) is 0 Å². The molecule has 0 amide bonds. The minimum Gasteiger partial charge on any atom is -0.256 e. The van der Waals surface area contributed by atoms with E-state index in [9.17, 15) is 0 Å². The molecule has 0 bridgehead atoms.